The van der Waals surface area contributed by atoms with E-state index in [1.54, 1.807) is 0 Å². The Labute approximate surface area is 126 Å². The molecule has 0 saturated carbocycles. The molecule has 2 aromatic carbocycles. The van der Waals surface area contributed by atoms with Crippen LogP contribution in [0.2, 0.25) is 0 Å². The summed E-state index contributed by atoms with van der Waals surface area (Å²) in [5, 5.41) is 0. The maximum atomic E-state index is 6.13. The zero-order chi connectivity index (χ0) is 13.7. The van der Waals surface area contributed by atoms with Crippen molar-refractivity contribution in [2.75, 3.05) is 11.4 Å². The Balaban J connectivity index is 1.98. The summed E-state index contributed by atoms with van der Waals surface area (Å²) in [5.74, 6) is 0.621. The van der Waals surface area contributed by atoms with Gasteiger partial charge in [0.05, 0.1) is 12.6 Å². The summed E-state index contributed by atoms with van der Waals surface area (Å²) in [4.78, 5) is 6.63. The van der Waals surface area contributed by atoms with Gasteiger partial charge in [-0.2, -0.15) is 0 Å². The molecule has 0 spiro atoms. The second-order valence-electron chi connectivity index (χ2n) is 5.23. The number of nitrogens with two attached hydrogens (primary N) is 1. The Hall–Kier alpha value is -1.81. The van der Waals surface area contributed by atoms with Gasteiger partial charge in [0.2, 0.25) is 0 Å². The van der Waals surface area contributed by atoms with Crippen LogP contribution in [0.4, 0.5) is 5.69 Å². The predicted octanol–water partition coefficient (Wildman–Crippen LogP) is 3.23. The van der Waals surface area contributed by atoms with Crippen LogP contribution >= 0.6 is 15.9 Å². The van der Waals surface area contributed by atoms with Gasteiger partial charge in [-0.15, -0.1) is 0 Å². The maximum absolute atomic E-state index is 6.13. The smallest absolute Gasteiger partial charge is 0.196 e. The lowest BCUT2D eigenvalue weighted by Gasteiger charge is -2.26. The van der Waals surface area contributed by atoms with Crippen molar-refractivity contribution in [3.63, 3.8) is 0 Å². The Bertz CT molecular complexity index is 723. The molecule has 0 saturated heterocycles. The predicted molar refractivity (Wildman–Crippen MR) is 85.1 cm³/mol. The number of halogens is 1. The maximum Gasteiger partial charge on any atom is 0.196 e. The lowest BCUT2D eigenvalue weighted by Crippen LogP contribution is -2.36. The summed E-state index contributed by atoms with van der Waals surface area (Å²) in [7, 11) is 0. The van der Waals surface area contributed by atoms with Crippen LogP contribution in [0.5, 0.6) is 0 Å². The Morgan fingerprint density at radius 3 is 2.90 bits per heavy atom. The van der Waals surface area contributed by atoms with E-state index in [4.69, 9.17) is 5.73 Å². The van der Waals surface area contributed by atoms with Gasteiger partial charge in [0.1, 0.15) is 0 Å². The molecule has 2 heterocycles. The number of anilines is 1. The SMILES string of the molecule is NC1=NC[C@@H]2c3ccccc3Cc3cc(Br)ccc3N12. The quantitative estimate of drug-likeness (QED) is 0.807. The molecular formula is C16H14BrN3. The molecule has 1 atom stereocenters. The second-order valence-corrected chi connectivity index (χ2v) is 6.15. The Morgan fingerprint density at radius 2 is 2.00 bits per heavy atom. The zero-order valence-corrected chi connectivity index (χ0v) is 12.5. The average Bonchev–Trinajstić information content (AvgIpc) is 2.75. The highest BCUT2D eigenvalue weighted by Gasteiger charge is 2.33. The summed E-state index contributed by atoms with van der Waals surface area (Å²) in [6.45, 7) is 0.734. The van der Waals surface area contributed by atoms with E-state index >= 15 is 0 Å². The number of aliphatic imine (C=N–C) groups is 1. The number of nitrogens with zero attached hydrogens (tertiary/aromatic N) is 2. The fourth-order valence-corrected chi connectivity index (χ4v) is 3.59. The molecule has 0 bridgehead atoms. The van der Waals surface area contributed by atoms with Gasteiger partial charge in [0.15, 0.2) is 5.96 Å². The number of fused-ring (bicyclic) bond motifs is 5. The monoisotopic (exact) mass is 327 g/mol. The van der Waals surface area contributed by atoms with Gasteiger partial charge < -0.3 is 10.6 Å². The fourth-order valence-electron chi connectivity index (χ4n) is 3.18. The standard InChI is InChI=1S/C16H14BrN3/c17-12-5-6-14-11(8-12)7-10-3-1-2-4-13(10)15-9-19-16(18)20(14)15/h1-6,8,15H,7,9H2,(H2,18,19)/t15-/m1/s1. The third-order valence-electron chi connectivity index (χ3n) is 4.08. The molecule has 2 aliphatic heterocycles. The van der Waals surface area contributed by atoms with Gasteiger partial charge in [0, 0.05) is 10.2 Å². The first kappa shape index (κ1) is 12.0. The third-order valence-corrected chi connectivity index (χ3v) is 4.57. The highest BCUT2D eigenvalue weighted by Crippen LogP contribution is 2.40. The molecule has 20 heavy (non-hydrogen) atoms. The van der Waals surface area contributed by atoms with Gasteiger partial charge >= 0.3 is 0 Å². The highest BCUT2D eigenvalue weighted by molar-refractivity contribution is 9.10. The normalized spacial score (nSPS) is 19.8. The first-order chi connectivity index (χ1) is 9.74. The van der Waals surface area contributed by atoms with Crippen molar-refractivity contribution in [1.29, 1.82) is 0 Å². The van der Waals surface area contributed by atoms with E-state index in [9.17, 15) is 0 Å². The van der Waals surface area contributed by atoms with Crippen molar-refractivity contribution >= 4 is 27.6 Å². The lowest BCUT2D eigenvalue weighted by atomic mass is 9.97. The first-order valence-electron chi connectivity index (χ1n) is 6.69. The molecular weight excluding hydrogens is 314 g/mol. The summed E-state index contributed by atoms with van der Waals surface area (Å²) in [6.07, 6.45) is 0.936. The minimum Gasteiger partial charge on any atom is -0.369 e. The van der Waals surface area contributed by atoms with E-state index in [0.29, 0.717) is 5.96 Å². The van der Waals surface area contributed by atoms with E-state index in [1.807, 2.05) is 0 Å². The molecule has 0 aromatic heterocycles. The van der Waals surface area contributed by atoms with E-state index in [2.05, 4.69) is 68.3 Å². The Kier molecular flexibility index (Phi) is 2.60. The number of benzene rings is 2. The van der Waals surface area contributed by atoms with Gasteiger partial charge in [-0.25, -0.2) is 0 Å². The van der Waals surface area contributed by atoms with Crippen LogP contribution in [0.15, 0.2) is 51.9 Å². The first-order valence-corrected chi connectivity index (χ1v) is 7.49. The molecule has 0 radical (unpaired) electrons. The molecule has 0 fully saturated rings. The van der Waals surface area contributed by atoms with Crippen molar-refractivity contribution in [3.05, 3.63) is 63.6 Å². The van der Waals surface area contributed by atoms with Crippen LogP contribution < -0.4 is 10.6 Å². The van der Waals surface area contributed by atoms with Crippen LogP contribution in [0, 0.1) is 0 Å². The molecule has 4 rings (SSSR count). The van der Waals surface area contributed by atoms with E-state index < -0.39 is 0 Å². The van der Waals surface area contributed by atoms with Crippen LogP contribution in [-0.4, -0.2) is 12.5 Å². The number of rotatable bonds is 0. The molecule has 100 valence electrons. The number of hydrogen-bond acceptors (Lipinski definition) is 3. The molecule has 2 aromatic rings. The van der Waals surface area contributed by atoms with Crippen molar-refractivity contribution in [2.24, 2.45) is 10.7 Å². The van der Waals surface area contributed by atoms with Crippen LogP contribution in [-0.2, 0) is 6.42 Å². The molecule has 0 aliphatic carbocycles. The van der Waals surface area contributed by atoms with Crippen LogP contribution in [0.3, 0.4) is 0 Å². The zero-order valence-electron chi connectivity index (χ0n) is 10.9. The molecule has 0 unspecified atom stereocenters. The topological polar surface area (TPSA) is 41.6 Å². The average molecular weight is 328 g/mol. The fraction of sp³-hybridized carbons (Fsp3) is 0.188. The second kappa shape index (κ2) is 4.35. The van der Waals surface area contributed by atoms with Crippen LogP contribution in [0.1, 0.15) is 22.7 Å². The number of hydrogen-bond donors (Lipinski definition) is 1. The molecule has 2 N–H and O–H groups in total. The molecule has 3 nitrogen and oxygen atoms in total. The minimum absolute atomic E-state index is 0.230. The summed E-state index contributed by atoms with van der Waals surface area (Å²) >= 11 is 3.56. The molecule has 0 amide bonds. The summed E-state index contributed by atoms with van der Waals surface area (Å²) in [6, 6.07) is 15.2. The van der Waals surface area contributed by atoms with Crippen molar-refractivity contribution < 1.29 is 0 Å². The van der Waals surface area contributed by atoms with Gasteiger partial charge in [-0.3, -0.25) is 4.99 Å². The van der Waals surface area contributed by atoms with Gasteiger partial charge in [-0.1, -0.05) is 40.2 Å². The van der Waals surface area contributed by atoms with Crippen molar-refractivity contribution in [1.82, 2.24) is 0 Å². The summed E-state index contributed by atoms with van der Waals surface area (Å²) < 4.78 is 1.10. The Morgan fingerprint density at radius 1 is 1.15 bits per heavy atom. The minimum atomic E-state index is 0.230. The lowest BCUT2D eigenvalue weighted by molar-refractivity contribution is 0.768. The van der Waals surface area contributed by atoms with Crippen LogP contribution in [0.25, 0.3) is 0 Å². The van der Waals surface area contributed by atoms with Crippen molar-refractivity contribution in [3.8, 4) is 0 Å². The third kappa shape index (κ3) is 1.68. The van der Waals surface area contributed by atoms with E-state index in [0.717, 1.165) is 17.4 Å². The van der Waals surface area contributed by atoms with Gasteiger partial charge in [0.25, 0.3) is 0 Å². The van der Waals surface area contributed by atoms with Gasteiger partial charge in [-0.05, 0) is 41.3 Å². The molecule has 2 aliphatic rings. The molecule has 4 heteroatoms. The largest absolute Gasteiger partial charge is 0.369 e. The number of guanidine groups is 1. The summed E-state index contributed by atoms with van der Waals surface area (Å²) in [5.41, 5.74) is 11.3. The van der Waals surface area contributed by atoms with E-state index in [1.165, 1.54) is 22.4 Å². The van der Waals surface area contributed by atoms with Crippen molar-refractivity contribution in [2.45, 2.75) is 12.5 Å². The van der Waals surface area contributed by atoms with E-state index in [-0.39, 0.29) is 6.04 Å². The highest BCUT2D eigenvalue weighted by atomic mass is 79.9.